The quantitative estimate of drug-likeness (QED) is 0.473. The highest BCUT2D eigenvalue weighted by Gasteiger charge is 2.48. The minimum Gasteiger partial charge on any atom is -0.493 e. The molecule has 3 heterocycles. The van der Waals surface area contributed by atoms with Crippen LogP contribution in [0.15, 0.2) is 48.5 Å². The van der Waals surface area contributed by atoms with Crippen molar-refractivity contribution < 1.29 is 27.4 Å². The monoisotopic (exact) mass is 549 g/mol. The van der Waals surface area contributed by atoms with Gasteiger partial charge < -0.3 is 24.6 Å². The zero-order valence-electron chi connectivity index (χ0n) is 20.8. The first kappa shape index (κ1) is 26.0. The van der Waals surface area contributed by atoms with Crippen LogP contribution in [0.3, 0.4) is 0 Å². The number of carbonyl (C=O) groups is 1. The van der Waals surface area contributed by atoms with Crippen molar-refractivity contribution >= 4 is 29.0 Å². The van der Waals surface area contributed by atoms with Crippen molar-refractivity contribution in [2.24, 2.45) is 0 Å². The number of methoxy groups -OCH3 is 2. The van der Waals surface area contributed by atoms with Crippen molar-refractivity contribution in [2.75, 3.05) is 50.6 Å². The van der Waals surface area contributed by atoms with Crippen molar-refractivity contribution in [1.82, 2.24) is 14.7 Å². The molecule has 0 aliphatic carbocycles. The van der Waals surface area contributed by atoms with E-state index < -0.39 is 24.2 Å². The van der Waals surface area contributed by atoms with Crippen LogP contribution in [-0.2, 0) is 0 Å². The predicted octanol–water partition coefficient (Wildman–Crippen LogP) is 5.18. The molecular weight excluding hydrogens is 523 g/mol. The summed E-state index contributed by atoms with van der Waals surface area (Å²) in [6.07, 6.45) is -4.95. The van der Waals surface area contributed by atoms with Crippen LogP contribution in [0.25, 0.3) is 0 Å². The summed E-state index contributed by atoms with van der Waals surface area (Å²) in [5, 5.41) is 7.04. The molecule has 2 aliphatic heterocycles. The van der Waals surface area contributed by atoms with Gasteiger partial charge in [-0.15, -0.1) is 0 Å². The van der Waals surface area contributed by atoms with E-state index in [2.05, 4.69) is 15.3 Å². The van der Waals surface area contributed by atoms with Gasteiger partial charge in [-0.25, -0.2) is 4.68 Å². The van der Waals surface area contributed by atoms with Gasteiger partial charge in [0, 0.05) is 38.3 Å². The van der Waals surface area contributed by atoms with Crippen molar-refractivity contribution in [3.05, 3.63) is 64.8 Å². The Labute approximate surface area is 222 Å². The number of alkyl halides is 3. The minimum atomic E-state index is -4.61. The molecule has 0 bridgehead atoms. The van der Waals surface area contributed by atoms with E-state index in [-0.39, 0.29) is 23.0 Å². The Morgan fingerprint density at radius 1 is 1.03 bits per heavy atom. The number of benzene rings is 2. The standard InChI is InChI=1S/C26H27ClF3N5O3/c1-37-19-9-8-16(14-20(19)38-2)18-15-21(26(28,29)30)35-24(31-18)22(27)23(32-35)25(36)34-12-10-33(11-13-34)17-6-4-3-5-7-17/h3-9,14,18,21,31H,10-13,15H2,1-2H3. The Bertz CT molecular complexity index is 1310. The van der Waals surface area contributed by atoms with E-state index in [1.165, 1.54) is 14.2 Å². The Morgan fingerprint density at radius 3 is 2.34 bits per heavy atom. The Hall–Kier alpha value is -3.60. The number of amides is 1. The number of carbonyl (C=O) groups excluding carboxylic acids is 1. The smallest absolute Gasteiger partial charge is 0.410 e. The molecule has 1 saturated heterocycles. The molecule has 2 atom stereocenters. The molecule has 2 aromatic carbocycles. The second kappa shape index (κ2) is 10.3. The molecule has 5 rings (SSSR count). The Morgan fingerprint density at radius 2 is 1.71 bits per heavy atom. The van der Waals surface area contributed by atoms with Crippen molar-refractivity contribution in [3.8, 4) is 11.5 Å². The second-order valence-corrected chi connectivity index (χ2v) is 9.55. The van der Waals surface area contributed by atoms with Gasteiger partial charge in [-0.2, -0.15) is 18.3 Å². The van der Waals surface area contributed by atoms with Gasteiger partial charge in [0.1, 0.15) is 10.8 Å². The molecule has 2 unspecified atom stereocenters. The van der Waals surface area contributed by atoms with Crippen molar-refractivity contribution in [2.45, 2.75) is 24.7 Å². The van der Waals surface area contributed by atoms with Crippen LogP contribution in [0.4, 0.5) is 24.7 Å². The third-order valence-corrected chi connectivity index (χ3v) is 7.35. The van der Waals surface area contributed by atoms with Gasteiger partial charge in [0.05, 0.1) is 20.3 Å². The Balaban J connectivity index is 1.41. The molecule has 3 aromatic rings. The molecule has 12 heteroatoms. The fourth-order valence-corrected chi connectivity index (χ4v) is 5.23. The molecule has 0 saturated carbocycles. The first-order valence-corrected chi connectivity index (χ1v) is 12.5. The zero-order chi connectivity index (χ0) is 27.0. The number of para-hydroxylation sites is 1. The average Bonchev–Trinajstić information content (AvgIpc) is 3.27. The normalized spacial score (nSPS) is 19.5. The van der Waals surface area contributed by atoms with Crippen LogP contribution in [0, 0.1) is 0 Å². The van der Waals surface area contributed by atoms with Gasteiger partial charge in [-0.3, -0.25) is 4.79 Å². The minimum absolute atomic E-state index is 0.0358. The van der Waals surface area contributed by atoms with Crippen LogP contribution < -0.4 is 19.7 Å². The van der Waals surface area contributed by atoms with Gasteiger partial charge in [-0.05, 0) is 29.8 Å². The lowest BCUT2D eigenvalue weighted by Crippen LogP contribution is -2.49. The molecule has 0 spiro atoms. The predicted molar refractivity (Wildman–Crippen MR) is 137 cm³/mol. The summed E-state index contributed by atoms with van der Waals surface area (Å²) in [7, 11) is 2.94. The number of halogens is 4. The number of fused-ring (bicyclic) bond motifs is 1. The van der Waals surface area contributed by atoms with Crippen LogP contribution in [-0.4, -0.2) is 67.2 Å². The van der Waals surface area contributed by atoms with Gasteiger partial charge in [0.2, 0.25) is 0 Å². The van der Waals surface area contributed by atoms with E-state index in [4.69, 9.17) is 21.1 Å². The number of hydrogen-bond donors (Lipinski definition) is 1. The average molecular weight is 550 g/mol. The van der Waals surface area contributed by atoms with Crippen molar-refractivity contribution in [3.63, 3.8) is 0 Å². The number of ether oxygens (including phenoxy) is 2. The number of rotatable bonds is 5. The summed E-state index contributed by atoms with van der Waals surface area (Å²) < 4.78 is 54.0. The number of anilines is 2. The van der Waals surface area contributed by atoms with Gasteiger partial charge >= 0.3 is 6.18 Å². The first-order valence-electron chi connectivity index (χ1n) is 12.1. The van der Waals surface area contributed by atoms with Crippen LogP contribution in [0.1, 0.15) is 34.6 Å². The summed E-state index contributed by atoms with van der Waals surface area (Å²) >= 11 is 6.54. The summed E-state index contributed by atoms with van der Waals surface area (Å²) in [4.78, 5) is 17.1. The summed E-state index contributed by atoms with van der Waals surface area (Å²) in [5.74, 6) is 0.329. The molecule has 1 amide bonds. The number of nitrogens with one attached hydrogen (secondary N) is 1. The van der Waals surface area contributed by atoms with Crippen LogP contribution in [0.5, 0.6) is 11.5 Å². The number of hydrogen-bond acceptors (Lipinski definition) is 6. The van der Waals surface area contributed by atoms with E-state index in [9.17, 15) is 18.0 Å². The second-order valence-electron chi connectivity index (χ2n) is 9.18. The molecule has 1 fully saturated rings. The molecule has 2 aliphatic rings. The van der Waals surface area contributed by atoms with Crippen LogP contribution >= 0.6 is 11.6 Å². The molecule has 1 N–H and O–H groups in total. The molecule has 38 heavy (non-hydrogen) atoms. The molecule has 0 radical (unpaired) electrons. The third-order valence-electron chi connectivity index (χ3n) is 7.00. The van der Waals surface area contributed by atoms with E-state index in [1.807, 2.05) is 30.3 Å². The van der Waals surface area contributed by atoms with Crippen LogP contribution in [0.2, 0.25) is 5.02 Å². The maximum absolute atomic E-state index is 14.2. The zero-order valence-corrected chi connectivity index (χ0v) is 21.6. The summed E-state index contributed by atoms with van der Waals surface area (Å²) in [6.45, 7) is 1.98. The topological polar surface area (TPSA) is 71.9 Å². The highest BCUT2D eigenvalue weighted by atomic mass is 35.5. The maximum atomic E-state index is 14.2. The molecule has 1 aromatic heterocycles. The lowest BCUT2D eigenvalue weighted by molar-refractivity contribution is -0.173. The molecule has 202 valence electrons. The van der Waals surface area contributed by atoms with E-state index in [0.29, 0.717) is 43.2 Å². The lowest BCUT2D eigenvalue weighted by Gasteiger charge is -2.35. The summed E-state index contributed by atoms with van der Waals surface area (Å²) in [6, 6.07) is 12.0. The van der Waals surface area contributed by atoms with Gasteiger partial charge in [0.25, 0.3) is 5.91 Å². The molecule has 8 nitrogen and oxygen atoms in total. The largest absolute Gasteiger partial charge is 0.493 e. The fourth-order valence-electron chi connectivity index (χ4n) is 4.97. The van der Waals surface area contributed by atoms with E-state index in [1.54, 1.807) is 23.1 Å². The SMILES string of the molecule is COc1ccc(C2CC(C(F)(F)F)n3nc(C(=O)N4CCN(c5ccccc5)CC4)c(Cl)c3N2)cc1OC. The number of nitrogens with zero attached hydrogens (tertiary/aromatic N) is 4. The van der Waals surface area contributed by atoms with Gasteiger partial charge in [-0.1, -0.05) is 35.9 Å². The number of piperazine rings is 1. The highest BCUT2D eigenvalue weighted by molar-refractivity contribution is 6.36. The molecular formula is C26H27ClF3N5O3. The Kier molecular flexibility index (Phi) is 7.04. The first-order chi connectivity index (χ1) is 18.2. The fraction of sp³-hybridized carbons (Fsp3) is 0.385. The lowest BCUT2D eigenvalue weighted by atomic mass is 9.96. The van der Waals surface area contributed by atoms with Crippen molar-refractivity contribution in [1.29, 1.82) is 0 Å². The third kappa shape index (κ3) is 4.82. The van der Waals surface area contributed by atoms with E-state index in [0.717, 1.165) is 10.4 Å². The van der Waals surface area contributed by atoms with Gasteiger partial charge in [0.15, 0.2) is 23.2 Å². The highest BCUT2D eigenvalue weighted by Crippen LogP contribution is 2.47. The summed E-state index contributed by atoms with van der Waals surface area (Å²) in [5.41, 5.74) is 1.42. The number of aromatic nitrogens is 2. The van der Waals surface area contributed by atoms with E-state index >= 15 is 0 Å². The maximum Gasteiger partial charge on any atom is 0.410 e.